The Bertz CT molecular complexity index is 1320. The van der Waals surface area contributed by atoms with E-state index in [1.807, 2.05) is 48.5 Å². The van der Waals surface area contributed by atoms with Gasteiger partial charge >= 0.3 is 0 Å². The molecule has 4 rings (SSSR count). The van der Waals surface area contributed by atoms with E-state index in [9.17, 15) is 9.59 Å². The van der Waals surface area contributed by atoms with Crippen LogP contribution in [-0.4, -0.2) is 31.6 Å². The number of rotatable bonds is 10. The number of amides is 2. The fraction of sp³-hybridized carbons (Fsp3) is 0.353. The Kier molecular flexibility index (Phi) is 10.3. The molecule has 1 aliphatic rings. The second kappa shape index (κ2) is 14.1. The Morgan fingerprint density at radius 2 is 1.63 bits per heavy atom. The lowest BCUT2D eigenvalue weighted by Gasteiger charge is -2.24. The molecule has 0 radical (unpaired) electrons. The van der Waals surface area contributed by atoms with Gasteiger partial charge in [-0.3, -0.25) is 9.59 Å². The van der Waals surface area contributed by atoms with Crippen molar-refractivity contribution < 1.29 is 14.3 Å². The van der Waals surface area contributed by atoms with Crippen molar-refractivity contribution in [3.63, 3.8) is 0 Å². The van der Waals surface area contributed by atoms with Crippen LogP contribution in [0.1, 0.15) is 62.8 Å². The van der Waals surface area contributed by atoms with Gasteiger partial charge in [-0.05, 0) is 84.2 Å². The molecule has 1 aliphatic heterocycles. The lowest BCUT2D eigenvalue weighted by molar-refractivity contribution is -0.118. The van der Waals surface area contributed by atoms with Crippen LogP contribution in [0, 0.1) is 5.92 Å². The van der Waals surface area contributed by atoms with Gasteiger partial charge in [0.2, 0.25) is 11.8 Å². The molecule has 7 nitrogen and oxygen atoms in total. The fourth-order valence-corrected chi connectivity index (χ4v) is 4.85. The molecule has 0 saturated carbocycles. The number of nitrogens with one attached hydrogen (secondary N) is 3. The topological polar surface area (TPSA) is 105 Å². The van der Waals surface area contributed by atoms with E-state index in [4.69, 9.17) is 10.5 Å². The molecule has 1 saturated heterocycles. The van der Waals surface area contributed by atoms with E-state index in [1.165, 1.54) is 11.6 Å². The van der Waals surface area contributed by atoms with E-state index in [-0.39, 0.29) is 17.2 Å². The maximum atomic E-state index is 13.5. The van der Waals surface area contributed by atoms with E-state index in [0.29, 0.717) is 17.3 Å². The van der Waals surface area contributed by atoms with Gasteiger partial charge in [0.1, 0.15) is 6.04 Å². The second-order valence-corrected chi connectivity index (χ2v) is 11.6. The molecule has 1 atom stereocenters. The van der Waals surface area contributed by atoms with Crippen LogP contribution in [0.2, 0.25) is 0 Å². The van der Waals surface area contributed by atoms with Gasteiger partial charge in [-0.2, -0.15) is 0 Å². The number of hydrogen-bond acceptors (Lipinski definition) is 5. The van der Waals surface area contributed by atoms with Gasteiger partial charge in [-0.15, -0.1) is 0 Å². The van der Waals surface area contributed by atoms with Crippen LogP contribution in [0.5, 0.6) is 0 Å². The largest absolute Gasteiger partial charge is 0.397 e. The smallest absolute Gasteiger partial charge is 0.248 e. The third-order valence-corrected chi connectivity index (χ3v) is 7.44. The molecular formula is C34H42N4O3. The summed E-state index contributed by atoms with van der Waals surface area (Å²) >= 11 is 0. The lowest BCUT2D eigenvalue weighted by atomic mass is 9.87. The van der Waals surface area contributed by atoms with E-state index in [2.05, 4.69) is 48.9 Å². The maximum Gasteiger partial charge on any atom is 0.248 e. The van der Waals surface area contributed by atoms with Gasteiger partial charge in [0.05, 0.1) is 11.4 Å². The molecule has 216 valence electrons. The lowest BCUT2D eigenvalue weighted by Crippen LogP contribution is -2.34. The Morgan fingerprint density at radius 3 is 2.29 bits per heavy atom. The number of carbonyl (C=O) groups excluding carboxylic acids is 2. The van der Waals surface area contributed by atoms with Crippen molar-refractivity contribution >= 4 is 35.0 Å². The normalized spacial score (nSPS) is 15.0. The molecule has 1 heterocycles. The van der Waals surface area contributed by atoms with Crippen molar-refractivity contribution in [2.24, 2.45) is 5.92 Å². The van der Waals surface area contributed by atoms with E-state index >= 15 is 0 Å². The van der Waals surface area contributed by atoms with Gasteiger partial charge in [-0.1, -0.05) is 69.3 Å². The third kappa shape index (κ3) is 9.03. The zero-order valence-corrected chi connectivity index (χ0v) is 24.3. The minimum Gasteiger partial charge on any atom is -0.397 e. The highest BCUT2D eigenvalue weighted by Gasteiger charge is 2.22. The number of nitrogens with two attached hydrogens (primary N) is 1. The molecule has 3 aromatic rings. The Morgan fingerprint density at radius 1 is 0.951 bits per heavy atom. The summed E-state index contributed by atoms with van der Waals surface area (Å²) in [7, 11) is 0. The van der Waals surface area contributed by atoms with E-state index in [0.717, 1.165) is 55.8 Å². The monoisotopic (exact) mass is 554 g/mol. The summed E-state index contributed by atoms with van der Waals surface area (Å²) in [5.41, 5.74) is 10.7. The summed E-state index contributed by atoms with van der Waals surface area (Å²) in [6.07, 6.45) is 6.32. The summed E-state index contributed by atoms with van der Waals surface area (Å²) in [6.45, 7) is 8.86. The third-order valence-electron chi connectivity index (χ3n) is 7.44. The van der Waals surface area contributed by atoms with Crippen molar-refractivity contribution in [2.45, 2.75) is 51.5 Å². The molecular weight excluding hydrogens is 512 g/mol. The van der Waals surface area contributed by atoms with E-state index in [1.54, 1.807) is 18.2 Å². The molecule has 7 heteroatoms. The van der Waals surface area contributed by atoms with Crippen molar-refractivity contribution in [3.05, 3.63) is 95.6 Å². The number of para-hydroxylation sites is 2. The quantitative estimate of drug-likeness (QED) is 0.174. The highest BCUT2D eigenvalue weighted by atomic mass is 16.5. The number of benzene rings is 3. The van der Waals surface area contributed by atoms with Crippen LogP contribution in [0.15, 0.2) is 78.9 Å². The van der Waals surface area contributed by atoms with Gasteiger partial charge in [0, 0.05) is 25.0 Å². The molecule has 3 aromatic carbocycles. The standard InChI is InChI=1S/C34H42N4O3/c1-34(2,3)27-13-15-28(16-14-27)37-33(40)32(36-21-18-25-19-22-41-23-20-25)26-11-8-24(9-12-26)10-17-31(39)38-30-7-5-4-6-29(30)35/h4-17,25,32,36H,18-23,35H2,1-3H3,(H,37,40)(H,38,39)/b17-10+. The molecule has 5 N–H and O–H groups in total. The SMILES string of the molecule is CC(C)(C)c1ccc(NC(=O)C(NCCC2CCOCC2)c2ccc(/C=C/C(=O)Nc3ccccc3N)cc2)cc1. The van der Waals surface area contributed by atoms with Crippen molar-refractivity contribution in [1.82, 2.24) is 5.32 Å². The highest BCUT2D eigenvalue weighted by molar-refractivity contribution is 6.03. The zero-order valence-electron chi connectivity index (χ0n) is 24.3. The van der Waals surface area contributed by atoms with Gasteiger partial charge in [0.25, 0.3) is 0 Å². The second-order valence-electron chi connectivity index (χ2n) is 11.6. The van der Waals surface area contributed by atoms with Crippen LogP contribution < -0.4 is 21.7 Å². The highest BCUT2D eigenvalue weighted by Crippen LogP contribution is 2.25. The molecule has 2 amide bonds. The van der Waals surface area contributed by atoms with E-state index < -0.39 is 6.04 Å². The average molecular weight is 555 g/mol. The van der Waals surface area contributed by atoms with Crippen molar-refractivity contribution in [3.8, 4) is 0 Å². The number of nitrogen functional groups attached to an aromatic ring is 1. The van der Waals surface area contributed by atoms with Crippen molar-refractivity contribution in [2.75, 3.05) is 36.1 Å². The predicted molar refractivity (Wildman–Crippen MR) is 168 cm³/mol. The van der Waals surface area contributed by atoms with Crippen LogP contribution in [0.25, 0.3) is 6.08 Å². The molecule has 1 unspecified atom stereocenters. The van der Waals surface area contributed by atoms with Crippen LogP contribution >= 0.6 is 0 Å². The summed E-state index contributed by atoms with van der Waals surface area (Å²) in [4.78, 5) is 25.9. The maximum absolute atomic E-state index is 13.5. The van der Waals surface area contributed by atoms with Crippen LogP contribution in [-0.2, 0) is 19.7 Å². The minimum absolute atomic E-state index is 0.0442. The fourth-order valence-electron chi connectivity index (χ4n) is 4.85. The molecule has 41 heavy (non-hydrogen) atoms. The number of hydrogen-bond donors (Lipinski definition) is 4. The van der Waals surface area contributed by atoms with Gasteiger partial charge in [-0.25, -0.2) is 0 Å². The average Bonchev–Trinajstić information content (AvgIpc) is 2.96. The number of anilines is 3. The Hall–Kier alpha value is -3.94. The molecule has 1 fully saturated rings. The summed E-state index contributed by atoms with van der Waals surface area (Å²) in [5.74, 6) is 0.231. The summed E-state index contributed by atoms with van der Waals surface area (Å²) in [6, 6.07) is 22.3. The van der Waals surface area contributed by atoms with Gasteiger partial charge < -0.3 is 26.4 Å². The van der Waals surface area contributed by atoms with Crippen LogP contribution in [0.4, 0.5) is 17.1 Å². The summed E-state index contributed by atoms with van der Waals surface area (Å²) in [5, 5.41) is 9.37. The molecule has 0 spiro atoms. The molecule has 0 aliphatic carbocycles. The molecule has 0 bridgehead atoms. The summed E-state index contributed by atoms with van der Waals surface area (Å²) < 4.78 is 5.49. The number of ether oxygens (including phenoxy) is 1. The number of carbonyl (C=O) groups is 2. The Labute approximate surface area is 243 Å². The first-order valence-electron chi connectivity index (χ1n) is 14.3. The Balaban J connectivity index is 1.43. The van der Waals surface area contributed by atoms with Crippen LogP contribution in [0.3, 0.4) is 0 Å². The minimum atomic E-state index is -0.514. The first-order valence-corrected chi connectivity index (χ1v) is 14.3. The first kappa shape index (κ1) is 30.0. The molecule has 0 aromatic heterocycles. The zero-order chi connectivity index (χ0) is 29.2. The predicted octanol–water partition coefficient (Wildman–Crippen LogP) is 6.30. The van der Waals surface area contributed by atoms with Gasteiger partial charge in [0.15, 0.2) is 0 Å². The van der Waals surface area contributed by atoms with Crippen molar-refractivity contribution in [1.29, 1.82) is 0 Å². The first-order chi connectivity index (χ1) is 19.7.